The minimum atomic E-state index is -0.112. The van der Waals surface area contributed by atoms with Crippen LogP contribution in [0.2, 0.25) is 0 Å². The Morgan fingerprint density at radius 1 is 1.20 bits per heavy atom. The highest BCUT2D eigenvalue weighted by atomic mass is 16.2. The molecule has 0 aliphatic rings. The molecular formula is C18H20N6O. The molecule has 0 atom stereocenters. The number of anilines is 1. The summed E-state index contributed by atoms with van der Waals surface area (Å²) in [4.78, 5) is 22.4. The molecule has 0 fully saturated rings. The first-order chi connectivity index (χ1) is 12.2. The molecule has 2 aromatic heterocycles. The van der Waals surface area contributed by atoms with Crippen molar-refractivity contribution in [3.8, 4) is 5.69 Å². The van der Waals surface area contributed by atoms with E-state index < -0.39 is 0 Å². The van der Waals surface area contributed by atoms with Gasteiger partial charge in [-0.2, -0.15) is 5.10 Å². The van der Waals surface area contributed by atoms with Gasteiger partial charge >= 0.3 is 0 Å². The molecule has 128 valence electrons. The lowest BCUT2D eigenvalue weighted by Crippen LogP contribution is -2.26. The lowest BCUT2D eigenvalue weighted by molar-refractivity contribution is 0.0784. The van der Waals surface area contributed by atoms with Gasteiger partial charge < -0.3 is 10.2 Å². The van der Waals surface area contributed by atoms with E-state index in [-0.39, 0.29) is 5.91 Å². The van der Waals surface area contributed by atoms with Crippen LogP contribution in [0.4, 0.5) is 5.95 Å². The van der Waals surface area contributed by atoms with Gasteiger partial charge in [0.05, 0.1) is 11.3 Å². The second-order valence-electron chi connectivity index (χ2n) is 5.60. The maximum atomic E-state index is 12.5. The van der Waals surface area contributed by atoms with Gasteiger partial charge in [-0.05, 0) is 30.7 Å². The summed E-state index contributed by atoms with van der Waals surface area (Å²) in [5.74, 6) is 0.412. The van der Waals surface area contributed by atoms with Crippen molar-refractivity contribution in [2.75, 3.05) is 18.9 Å². The average molecular weight is 336 g/mol. The van der Waals surface area contributed by atoms with Crippen molar-refractivity contribution < 1.29 is 4.79 Å². The molecule has 7 heteroatoms. The number of hydrogen-bond donors (Lipinski definition) is 1. The molecular weight excluding hydrogens is 316 g/mol. The Morgan fingerprint density at radius 3 is 2.52 bits per heavy atom. The van der Waals surface area contributed by atoms with Crippen LogP contribution in [0.1, 0.15) is 22.8 Å². The van der Waals surface area contributed by atoms with E-state index in [4.69, 9.17) is 0 Å². The summed E-state index contributed by atoms with van der Waals surface area (Å²) in [5.41, 5.74) is 2.49. The Bertz CT molecular complexity index is 812. The van der Waals surface area contributed by atoms with Crippen molar-refractivity contribution in [1.29, 1.82) is 0 Å². The highest BCUT2D eigenvalue weighted by Crippen LogP contribution is 2.12. The van der Waals surface area contributed by atoms with Crippen LogP contribution in [0, 0.1) is 0 Å². The SMILES string of the molecule is CCNc1ncc(C(=O)N(C)Cc2ccc(-n3cccn3)cc2)cn1. The molecule has 1 aromatic carbocycles. The Balaban J connectivity index is 1.64. The van der Waals surface area contributed by atoms with E-state index in [9.17, 15) is 4.79 Å². The van der Waals surface area contributed by atoms with Crippen molar-refractivity contribution in [3.63, 3.8) is 0 Å². The van der Waals surface area contributed by atoms with Gasteiger partial charge in [-0.1, -0.05) is 12.1 Å². The number of carbonyl (C=O) groups is 1. The largest absolute Gasteiger partial charge is 0.355 e. The summed E-state index contributed by atoms with van der Waals surface area (Å²) in [6, 6.07) is 9.82. The minimum absolute atomic E-state index is 0.112. The Labute approximate surface area is 146 Å². The third kappa shape index (κ3) is 4.00. The van der Waals surface area contributed by atoms with Gasteiger partial charge in [0.2, 0.25) is 5.95 Å². The summed E-state index contributed by atoms with van der Waals surface area (Å²) in [6.45, 7) is 3.21. The fourth-order valence-electron chi connectivity index (χ4n) is 2.43. The molecule has 3 rings (SSSR count). The highest BCUT2D eigenvalue weighted by molar-refractivity contribution is 5.93. The summed E-state index contributed by atoms with van der Waals surface area (Å²) < 4.78 is 1.79. The van der Waals surface area contributed by atoms with Crippen molar-refractivity contribution in [3.05, 3.63) is 66.2 Å². The van der Waals surface area contributed by atoms with Crippen LogP contribution in [-0.2, 0) is 6.54 Å². The molecule has 2 heterocycles. The zero-order valence-corrected chi connectivity index (χ0v) is 14.3. The van der Waals surface area contributed by atoms with Crippen molar-refractivity contribution >= 4 is 11.9 Å². The molecule has 0 unspecified atom stereocenters. The lowest BCUT2D eigenvalue weighted by Gasteiger charge is -2.17. The van der Waals surface area contributed by atoms with E-state index in [1.165, 1.54) is 0 Å². The number of nitrogens with zero attached hydrogens (tertiary/aromatic N) is 5. The van der Waals surface area contributed by atoms with Crippen molar-refractivity contribution in [1.82, 2.24) is 24.6 Å². The summed E-state index contributed by atoms with van der Waals surface area (Å²) in [7, 11) is 1.77. The van der Waals surface area contributed by atoms with Gasteiger partial charge in [-0.15, -0.1) is 0 Å². The van der Waals surface area contributed by atoms with Crippen LogP contribution in [0.3, 0.4) is 0 Å². The van der Waals surface area contributed by atoms with E-state index in [0.29, 0.717) is 18.1 Å². The van der Waals surface area contributed by atoms with Gasteiger partial charge in [-0.25, -0.2) is 14.6 Å². The zero-order valence-electron chi connectivity index (χ0n) is 14.3. The maximum Gasteiger partial charge on any atom is 0.257 e. The molecule has 0 bridgehead atoms. The third-order valence-corrected chi connectivity index (χ3v) is 3.71. The number of benzene rings is 1. The standard InChI is InChI=1S/C18H20N6O/c1-3-19-18-20-11-15(12-21-18)17(25)23(2)13-14-5-7-16(8-6-14)24-10-4-9-22-24/h4-12H,3,13H2,1-2H3,(H,19,20,21). The molecule has 0 spiro atoms. The quantitative estimate of drug-likeness (QED) is 0.748. The maximum absolute atomic E-state index is 12.5. The van der Waals surface area contributed by atoms with E-state index in [1.807, 2.05) is 43.5 Å². The summed E-state index contributed by atoms with van der Waals surface area (Å²) in [5, 5.41) is 7.20. The lowest BCUT2D eigenvalue weighted by atomic mass is 10.2. The normalized spacial score (nSPS) is 10.5. The summed E-state index contributed by atoms with van der Waals surface area (Å²) in [6.07, 6.45) is 6.72. The second kappa shape index (κ2) is 7.57. The molecule has 7 nitrogen and oxygen atoms in total. The number of amides is 1. The zero-order chi connectivity index (χ0) is 17.6. The molecule has 3 aromatic rings. The molecule has 0 saturated heterocycles. The van der Waals surface area contributed by atoms with Crippen LogP contribution < -0.4 is 5.32 Å². The number of hydrogen-bond acceptors (Lipinski definition) is 5. The van der Waals surface area contributed by atoms with Gasteiger partial charge in [0.25, 0.3) is 5.91 Å². The van der Waals surface area contributed by atoms with E-state index in [1.54, 1.807) is 35.2 Å². The summed E-state index contributed by atoms with van der Waals surface area (Å²) >= 11 is 0. The van der Waals surface area contributed by atoms with E-state index in [2.05, 4.69) is 20.4 Å². The molecule has 1 amide bonds. The molecule has 0 saturated carbocycles. The Morgan fingerprint density at radius 2 is 1.92 bits per heavy atom. The average Bonchev–Trinajstić information content (AvgIpc) is 3.17. The molecule has 1 N–H and O–H groups in total. The Hall–Kier alpha value is -3.22. The number of aromatic nitrogens is 4. The van der Waals surface area contributed by atoms with Crippen LogP contribution >= 0.6 is 0 Å². The number of rotatable bonds is 6. The van der Waals surface area contributed by atoms with Crippen LogP contribution in [0.25, 0.3) is 5.69 Å². The van der Waals surface area contributed by atoms with E-state index in [0.717, 1.165) is 17.8 Å². The highest BCUT2D eigenvalue weighted by Gasteiger charge is 2.13. The fraction of sp³-hybridized carbons (Fsp3) is 0.222. The monoisotopic (exact) mass is 336 g/mol. The Kier molecular flexibility index (Phi) is 5.03. The third-order valence-electron chi connectivity index (χ3n) is 3.71. The van der Waals surface area contributed by atoms with Crippen molar-refractivity contribution in [2.45, 2.75) is 13.5 Å². The molecule has 0 aliphatic heterocycles. The predicted octanol–water partition coefficient (Wildman–Crippen LogP) is 2.37. The number of carbonyl (C=O) groups excluding carboxylic acids is 1. The van der Waals surface area contributed by atoms with Crippen LogP contribution in [-0.4, -0.2) is 44.1 Å². The first kappa shape index (κ1) is 16.6. The van der Waals surface area contributed by atoms with E-state index >= 15 is 0 Å². The van der Waals surface area contributed by atoms with Gasteiger partial charge in [0.15, 0.2) is 0 Å². The fourth-order valence-corrected chi connectivity index (χ4v) is 2.43. The minimum Gasteiger partial charge on any atom is -0.355 e. The smallest absolute Gasteiger partial charge is 0.257 e. The van der Waals surface area contributed by atoms with Crippen LogP contribution in [0.15, 0.2) is 55.1 Å². The van der Waals surface area contributed by atoms with Gasteiger partial charge in [0.1, 0.15) is 0 Å². The van der Waals surface area contributed by atoms with Gasteiger partial charge in [0, 0.05) is 44.9 Å². The molecule has 25 heavy (non-hydrogen) atoms. The van der Waals surface area contributed by atoms with Crippen LogP contribution in [0.5, 0.6) is 0 Å². The predicted molar refractivity (Wildman–Crippen MR) is 95.6 cm³/mol. The second-order valence-corrected chi connectivity index (χ2v) is 5.60. The number of nitrogens with one attached hydrogen (secondary N) is 1. The first-order valence-electron chi connectivity index (χ1n) is 8.07. The first-order valence-corrected chi connectivity index (χ1v) is 8.07. The topological polar surface area (TPSA) is 75.9 Å². The van der Waals surface area contributed by atoms with Gasteiger partial charge in [-0.3, -0.25) is 4.79 Å². The molecule has 0 aliphatic carbocycles. The molecule has 0 radical (unpaired) electrons. The van der Waals surface area contributed by atoms with Crippen molar-refractivity contribution in [2.24, 2.45) is 0 Å².